The van der Waals surface area contributed by atoms with Gasteiger partial charge in [-0.25, -0.2) is 4.98 Å². The molecule has 96 valence electrons. The van der Waals surface area contributed by atoms with E-state index in [2.05, 4.69) is 41.2 Å². The van der Waals surface area contributed by atoms with Crippen molar-refractivity contribution < 1.29 is 0 Å². The number of nitrogens with two attached hydrogens (primary N) is 1. The Morgan fingerprint density at radius 2 is 1.89 bits per heavy atom. The van der Waals surface area contributed by atoms with Crippen molar-refractivity contribution in [2.45, 2.75) is 19.4 Å². The average Bonchev–Trinajstić information content (AvgIpc) is 2.89. The molecule has 1 atom stereocenters. The van der Waals surface area contributed by atoms with Crippen molar-refractivity contribution in [3.8, 4) is 0 Å². The van der Waals surface area contributed by atoms with Crippen LogP contribution in [0.5, 0.6) is 0 Å². The molecule has 0 fully saturated rings. The van der Waals surface area contributed by atoms with Gasteiger partial charge < -0.3 is 10.7 Å². The van der Waals surface area contributed by atoms with Crippen molar-refractivity contribution in [1.82, 2.24) is 9.97 Å². The first-order chi connectivity index (χ1) is 9.28. The van der Waals surface area contributed by atoms with Gasteiger partial charge in [-0.1, -0.05) is 43.3 Å². The van der Waals surface area contributed by atoms with Crippen LogP contribution >= 0.6 is 0 Å². The zero-order valence-corrected chi connectivity index (χ0v) is 10.9. The highest BCUT2D eigenvalue weighted by atomic mass is 14.9. The maximum atomic E-state index is 6.31. The van der Waals surface area contributed by atoms with Gasteiger partial charge in [0.25, 0.3) is 0 Å². The van der Waals surface area contributed by atoms with Gasteiger partial charge >= 0.3 is 0 Å². The van der Waals surface area contributed by atoms with Crippen LogP contribution in [0.4, 0.5) is 0 Å². The molecule has 3 heteroatoms. The van der Waals surface area contributed by atoms with Gasteiger partial charge in [0.2, 0.25) is 0 Å². The Morgan fingerprint density at radius 1 is 1.11 bits per heavy atom. The number of nitrogens with one attached hydrogen (secondary N) is 1. The van der Waals surface area contributed by atoms with E-state index in [1.165, 1.54) is 0 Å². The van der Waals surface area contributed by atoms with Gasteiger partial charge in [-0.05, 0) is 23.3 Å². The Morgan fingerprint density at radius 3 is 2.63 bits per heavy atom. The molecule has 1 heterocycles. The summed E-state index contributed by atoms with van der Waals surface area (Å²) < 4.78 is 0. The molecule has 19 heavy (non-hydrogen) atoms. The lowest BCUT2D eigenvalue weighted by atomic mass is 9.99. The van der Waals surface area contributed by atoms with Crippen molar-refractivity contribution in [3.05, 3.63) is 65.5 Å². The van der Waals surface area contributed by atoms with Crippen LogP contribution in [-0.2, 0) is 6.42 Å². The van der Waals surface area contributed by atoms with Crippen LogP contribution in [0.2, 0.25) is 0 Å². The van der Waals surface area contributed by atoms with Crippen LogP contribution in [0.3, 0.4) is 0 Å². The highest BCUT2D eigenvalue weighted by Gasteiger charge is 2.10. The Bertz CT molecular complexity index is 686. The summed E-state index contributed by atoms with van der Waals surface area (Å²) in [5.41, 5.74) is 10.6. The molecule has 3 N–H and O–H groups in total. The summed E-state index contributed by atoms with van der Waals surface area (Å²) in [5, 5.41) is 0. The van der Waals surface area contributed by atoms with Crippen molar-refractivity contribution in [2.75, 3.05) is 0 Å². The first-order valence-electron chi connectivity index (χ1n) is 6.57. The van der Waals surface area contributed by atoms with Gasteiger partial charge in [-0.3, -0.25) is 0 Å². The standard InChI is InChI=1S/C16H17N3/c1-2-15-18-13-9-8-12(10-14(13)19-15)16(17)11-6-4-3-5-7-11/h3-10,16H,2,17H2,1H3,(H,18,19). The van der Waals surface area contributed by atoms with E-state index in [1.54, 1.807) is 0 Å². The molecule has 2 aromatic carbocycles. The molecule has 0 amide bonds. The van der Waals surface area contributed by atoms with E-state index < -0.39 is 0 Å². The number of aromatic nitrogens is 2. The number of nitrogens with zero attached hydrogens (tertiary/aromatic N) is 1. The maximum Gasteiger partial charge on any atom is 0.106 e. The lowest BCUT2D eigenvalue weighted by Crippen LogP contribution is -2.11. The molecular weight excluding hydrogens is 234 g/mol. The second-order valence-corrected chi connectivity index (χ2v) is 4.70. The van der Waals surface area contributed by atoms with E-state index in [0.717, 1.165) is 34.4 Å². The zero-order chi connectivity index (χ0) is 13.2. The quantitative estimate of drug-likeness (QED) is 0.751. The minimum atomic E-state index is -0.0982. The Hall–Kier alpha value is -2.13. The van der Waals surface area contributed by atoms with E-state index in [9.17, 15) is 0 Å². The Kier molecular flexibility index (Phi) is 3.05. The Balaban J connectivity index is 2.01. The van der Waals surface area contributed by atoms with E-state index in [4.69, 9.17) is 5.73 Å². The highest BCUT2D eigenvalue weighted by molar-refractivity contribution is 5.76. The van der Waals surface area contributed by atoms with Crippen LogP contribution < -0.4 is 5.73 Å². The Labute approximate surface area is 112 Å². The topological polar surface area (TPSA) is 54.7 Å². The predicted molar refractivity (Wildman–Crippen MR) is 77.9 cm³/mol. The predicted octanol–water partition coefficient (Wildman–Crippen LogP) is 3.17. The second-order valence-electron chi connectivity index (χ2n) is 4.70. The van der Waals surface area contributed by atoms with Crippen LogP contribution in [0.15, 0.2) is 48.5 Å². The summed E-state index contributed by atoms with van der Waals surface area (Å²) in [5.74, 6) is 1.01. The monoisotopic (exact) mass is 251 g/mol. The van der Waals surface area contributed by atoms with E-state index in [-0.39, 0.29) is 6.04 Å². The molecule has 1 unspecified atom stereocenters. The smallest absolute Gasteiger partial charge is 0.106 e. The van der Waals surface area contributed by atoms with Crippen molar-refractivity contribution in [3.63, 3.8) is 0 Å². The molecule has 0 aliphatic heterocycles. The van der Waals surface area contributed by atoms with Crippen LogP contribution in [0.25, 0.3) is 11.0 Å². The minimum absolute atomic E-state index is 0.0982. The largest absolute Gasteiger partial charge is 0.342 e. The summed E-state index contributed by atoms with van der Waals surface area (Å²) in [6, 6.07) is 16.2. The van der Waals surface area contributed by atoms with Gasteiger partial charge in [0, 0.05) is 6.42 Å². The molecule has 3 rings (SSSR count). The molecule has 0 aliphatic rings. The fraction of sp³-hybridized carbons (Fsp3) is 0.188. The number of H-pyrrole nitrogens is 1. The minimum Gasteiger partial charge on any atom is -0.342 e. The van der Waals surface area contributed by atoms with Crippen LogP contribution in [-0.4, -0.2) is 9.97 Å². The SMILES string of the molecule is CCc1nc2ccc(C(N)c3ccccc3)cc2[nH]1. The number of benzene rings is 2. The number of hydrogen-bond donors (Lipinski definition) is 2. The molecule has 0 saturated carbocycles. The van der Waals surface area contributed by atoms with Crippen molar-refractivity contribution in [1.29, 1.82) is 0 Å². The number of aryl methyl sites for hydroxylation is 1. The molecule has 3 aromatic rings. The highest BCUT2D eigenvalue weighted by Crippen LogP contribution is 2.22. The van der Waals surface area contributed by atoms with Crippen LogP contribution in [0, 0.1) is 0 Å². The van der Waals surface area contributed by atoms with Gasteiger partial charge in [0.1, 0.15) is 5.82 Å². The van der Waals surface area contributed by atoms with Crippen molar-refractivity contribution >= 4 is 11.0 Å². The normalized spacial score (nSPS) is 12.7. The third-order valence-corrected chi connectivity index (χ3v) is 3.41. The average molecular weight is 251 g/mol. The lowest BCUT2D eigenvalue weighted by molar-refractivity contribution is 0.873. The number of hydrogen-bond acceptors (Lipinski definition) is 2. The van der Waals surface area contributed by atoms with Gasteiger partial charge in [0.15, 0.2) is 0 Å². The third-order valence-electron chi connectivity index (χ3n) is 3.41. The zero-order valence-electron chi connectivity index (χ0n) is 10.9. The molecule has 1 aromatic heterocycles. The first-order valence-corrected chi connectivity index (χ1v) is 6.57. The van der Waals surface area contributed by atoms with Gasteiger partial charge in [-0.2, -0.15) is 0 Å². The molecule has 0 radical (unpaired) electrons. The number of fused-ring (bicyclic) bond motifs is 1. The molecular formula is C16H17N3. The van der Waals surface area contributed by atoms with E-state index in [1.807, 2.05) is 24.3 Å². The first kappa shape index (κ1) is 11.9. The van der Waals surface area contributed by atoms with Crippen molar-refractivity contribution in [2.24, 2.45) is 5.73 Å². The third kappa shape index (κ3) is 2.25. The summed E-state index contributed by atoms with van der Waals surface area (Å²) in [6.45, 7) is 2.09. The summed E-state index contributed by atoms with van der Waals surface area (Å²) >= 11 is 0. The molecule has 0 aliphatic carbocycles. The van der Waals surface area contributed by atoms with Gasteiger partial charge in [-0.15, -0.1) is 0 Å². The molecule has 0 bridgehead atoms. The fourth-order valence-corrected chi connectivity index (χ4v) is 2.29. The molecule has 3 nitrogen and oxygen atoms in total. The summed E-state index contributed by atoms with van der Waals surface area (Å²) in [6.07, 6.45) is 0.911. The summed E-state index contributed by atoms with van der Waals surface area (Å²) in [7, 11) is 0. The van der Waals surface area contributed by atoms with E-state index >= 15 is 0 Å². The van der Waals surface area contributed by atoms with Gasteiger partial charge in [0.05, 0.1) is 17.1 Å². The number of rotatable bonds is 3. The number of aromatic amines is 1. The fourth-order valence-electron chi connectivity index (χ4n) is 2.29. The number of imidazole rings is 1. The second kappa shape index (κ2) is 4.86. The lowest BCUT2D eigenvalue weighted by Gasteiger charge is -2.12. The summed E-state index contributed by atoms with van der Waals surface area (Å²) in [4.78, 5) is 7.83. The maximum absolute atomic E-state index is 6.31. The van der Waals surface area contributed by atoms with E-state index in [0.29, 0.717) is 0 Å². The molecule has 0 saturated heterocycles. The van der Waals surface area contributed by atoms with Crippen LogP contribution in [0.1, 0.15) is 29.9 Å². The molecule has 0 spiro atoms.